The van der Waals surface area contributed by atoms with Gasteiger partial charge in [-0.1, -0.05) is 18.2 Å². The minimum Gasteiger partial charge on any atom is -0.497 e. The summed E-state index contributed by atoms with van der Waals surface area (Å²) in [4.78, 5) is 15.5. The van der Waals surface area contributed by atoms with Gasteiger partial charge in [-0.2, -0.15) is 0 Å². The number of halogens is 1. The van der Waals surface area contributed by atoms with E-state index in [1.807, 2.05) is 25.1 Å². The van der Waals surface area contributed by atoms with Crippen molar-refractivity contribution >= 4 is 16.8 Å². The molecule has 3 aromatic rings. The largest absolute Gasteiger partial charge is 0.497 e. The van der Waals surface area contributed by atoms with Gasteiger partial charge < -0.3 is 15.0 Å². The van der Waals surface area contributed by atoms with Crippen LogP contribution in [0.4, 0.5) is 4.39 Å². The third-order valence-electron chi connectivity index (χ3n) is 4.13. The van der Waals surface area contributed by atoms with E-state index in [4.69, 9.17) is 4.74 Å². The van der Waals surface area contributed by atoms with Crippen LogP contribution in [-0.4, -0.2) is 24.5 Å². The SMILES string of the molecule is COc1ccc2c(C)c(C(=O)NCCc3ccccc3F)[nH]c2c1. The smallest absolute Gasteiger partial charge is 0.268 e. The molecule has 0 saturated heterocycles. The van der Waals surface area contributed by atoms with Crippen molar-refractivity contribution < 1.29 is 13.9 Å². The fraction of sp³-hybridized carbons (Fsp3) is 0.211. The third-order valence-corrected chi connectivity index (χ3v) is 4.13. The zero-order valence-corrected chi connectivity index (χ0v) is 13.7. The molecule has 2 aromatic carbocycles. The maximum atomic E-state index is 13.6. The second-order valence-electron chi connectivity index (χ2n) is 5.63. The van der Waals surface area contributed by atoms with E-state index in [2.05, 4.69) is 10.3 Å². The number of nitrogens with one attached hydrogen (secondary N) is 2. The van der Waals surface area contributed by atoms with Gasteiger partial charge in [-0.3, -0.25) is 4.79 Å². The van der Waals surface area contributed by atoms with Gasteiger partial charge >= 0.3 is 0 Å². The van der Waals surface area contributed by atoms with Gasteiger partial charge in [-0.25, -0.2) is 4.39 Å². The lowest BCUT2D eigenvalue weighted by molar-refractivity contribution is 0.0949. The van der Waals surface area contributed by atoms with Gasteiger partial charge in [-0.05, 0) is 42.7 Å². The molecule has 0 radical (unpaired) electrons. The number of aromatic amines is 1. The number of amides is 1. The van der Waals surface area contributed by atoms with Crippen molar-refractivity contribution in [1.82, 2.24) is 10.3 Å². The Morgan fingerprint density at radius 3 is 2.79 bits per heavy atom. The van der Waals surface area contributed by atoms with Crippen molar-refractivity contribution in [2.75, 3.05) is 13.7 Å². The van der Waals surface area contributed by atoms with E-state index >= 15 is 0 Å². The Labute approximate surface area is 139 Å². The molecule has 0 saturated carbocycles. The van der Waals surface area contributed by atoms with Crippen LogP contribution in [0.25, 0.3) is 10.9 Å². The van der Waals surface area contributed by atoms with Crippen LogP contribution in [0, 0.1) is 12.7 Å². The van der Waals surface area contributed by atoms with E-state index < -0.39 is 0 Å². The first-order chi connectivity index (χ1) is 11.6. The normalized spacial score (nSPS) is 10.8. The van der Waals surface area contributed by atoms with Crippen molar-refractivity contribution in [3.63, 3.8) is 0 Å². The molecule has 1 amide bonds. The van der Waals surface area contributed by atoms with E-state index in [0.717, 1.165) is 22.2 Å². The number of aryl methyl sites for hydroxylation is 1. The average molecular weight is 326 g/mol. The van der Waals surface area contributed by atoms with Crippen LogP contribution in [0.2, 0.25) is 0 Å². The molecular formula is C19H19FN2O2. The second kappa shape index (κ2) is 6.74. The monoisotopic (exact) mass is 326 g/mol. The second-order valence-corrected chi connectivity index (χ2v) is 5.63. The maximum Gasteiger partial charge on any atom is 0.268 e. The molecule has 4 nitrogen and oxygen atoms in total. The summed E-state index contributed by atoms with van der Waals surface area (Å²) < 4.78 is 18.8. The van der Waals surface area contributed by atoms with Crippen molar-refractivity contribution in [3.8, 4) is 5.75 Å². The molecule has 0 atom stereocenters. The van der Waals surface area contributed by atoms with Crippen LogP contribution in [0.3, 0.4) is 0 Å². The van der Waals surface area contributed by atoms with Gasteiger partial charge in [0.2, 0.25) is 0 Å². The predicted octanol–water partition coefficient (Wildman–Crippen LogP) is 3.60. The number of hydrogen-bond donors (Lipinski definition) is 2. The van der Waals surface area contributed by atoms with Crippen molar-refractivity contribution in [1.29, 1.82) is 0 Å². The van der Waals surface area contributed by atoms with Crippen LogP contribution >= 0.6 is 0 Å². The topological polar surface area (TPSA) is 54.1 Å². The first-order valence-electron chi connectivity index (χ1n) is 7.78. The van der Waals surface area contributed by atoms with Crippen LogP contribution in [0.5, 0.6) is 5.75 Å². The number of rotatable bonds is 5. The Morgan fingerprint density at radius 1 is 1.25 bits per heavy atom. The molecule has 124 valence electrons. The third kappa shape index (κ3) is 3.11. The molecule has 0 spiro atoms. The summed E-state index contributed by atoms with van der Waals surface area (Å²) >= 11 is 0. The lowest BCUT2D eigenvalue weighted by Crippen LogP contribution is -2.26. The molecule has 0 aliphatic carbocycles. The summed E-state index contributed by atoms with van der Waals surface area (Å²) in [5, 5.41) is 3.82. The summed E-state index contributed by atoms with van der Waals surface area (Å²) in [6.45, 7) is 2.27. The lowest BCUT2D eigenvalue weighted by Gasteiger charge is -2.06. The Kier molecular flexibility index (Phi) is 4.51. The van der Waals surface area contributed by atoms with Gasteiger partial charge in [0.15, 0.2) is 0 Å². The van der Waals surface area contributed by atoms with Crippen LogP contribution in [-0.2, 0) is 6.42 Å². The minimum atomic E-state index is -0.249. The van der Waals surface area contributed by atoms with Crippen molar-refractivity contribution in [2.24, 2.45) is 0 Å². The van der Waals surface area contributed by atoms with E-state index in [1.54, 1.807) is 25.3 Å². The van der Waals surface area contributed by atoms with Crippen LogP contribution in [0.1, 0.15) is 21.6 Å². The Hall–Kier alpha value is -2.82. The molecule has 0 aliphatic rings. The van der Waals surface area contributed by atoms with E-state index in [1.165, 1.54) is 6.07 Å². The molecule has 2 N–H and O–H groups in total. The predicted molar refractivity (Wildman–Crippen MR) is 92.0 cm³/mol. The number of ether oxygens (including phenoxy) is 1. The molecule has 0 aliphatic heterocycles. The molecule has 0 bridgehead atoms. The summed E-state index contributed by atoms with van der Waals surface area (Å²) in [5.74, 6) is 0.287. The number of carbonyl (C=O) groups excluding carboxylic acids is 1. The highest BCUT2D eigenvalue weighted by atomic mass is 19.1. The maximum absolute atomic E-state index is 13.6. The fourth-order valence-electron chi connectivity index (χ4n) is 2.77. The molecule has 3 rings (SSSR count). The summed E-state index contributed by atoms with van der Waals surface area (Å²) in [7, 11) is 1.60. The number of fused-ring (bicyclic) bond motifs is 1. The van der Waals surface area contributed by atoms with Crippen LogP contribution in [0.15, 0.2) is 42.5 Å². The average Bonchev–Trinajstić information content (AvgIpc) is 2.92. The number of methoxy groups -OCH3 is 1. The highest BCUT2D eigenvalue weighted by Gasteiger charge is 2.15. The van der Waals surface area contributed by atoms with Gasteiger partial charge in [0.1, 0.15) is 17.3 Å². The van der Waals surface area contributed by atoms with E-state index in [9.17, 15) is 9.18 Å². The zero-order valence-electron chi connectivity index (χ0n) is 13.7. The Bertz CT molecular complexity index is 886. The molecule has 0 fully saturated rings. The van der Waals surface area contributed by atoms with Gasteiger partial charge in [0, 0.05) is 23.5 Å². The number of H-pyrrole nitrogens is 1. The first kappa shape index (κ1) is 16.1. The number of benzene rings is 2. The number of hydrogen-bond acceptors (Lipinski definition) is 2. The van der Waals surface area contributed by atoms with Crippen molar-refractivity contribution in [2.45, 2.75) is 13.3 Å². The molecular weight excluding hydrogens is 307 g/mol. The van der Waals surface area contributed by atoms with Crippen LogP contribution < -0.4 is 10.1 Å². The summed E-state index contributed by atoms with van der Waals surface area (Å²) in [6.07, 6.45) is 0.450. The molecule has 5 heteroatoms. The Morgan fingerprint density at radius 2 is 2.04 bits per heavy atom. The summed E-state index contributed by atoms with van der Waals surface area (Å²) in [6, 6.07) is 12.2. The highest BCUT2D eigenvalue weighted by molar-refractivity contribution is 6.01. The van der Waals surface area contributed by atoms with Gasteiger partial charge in [-0.15, -0.1) is 0 Å². The lowest BCUT2D eigenvalue weighted by atomic mass is 10.1. The van der Waals surface area contributed by atoms with Gasteiger partial charge in [0.25, 0.3) is 5.91 Å². The number of aromatic nitrogens is 1. The van der Waals surface area contributed by atoms with E-state index in [0.29, 0.717) is 24.2 Å². The zero-order chi connectivity index (χ0) is 17.1. The molecule has 1 heterocycles. The minimum absolute atomic E-state index is 0.195. The van der Waals surface area contributed by atoms with Crippen molar-refractivity contribution in [3.05, 3.63) is 65.1 Å². The molecule has 1 aromatic heterocycles. The van der Waals surface area contributed by atoms with E-state index in [-0.39, 0.29) is 11.7 Å². The number of carbonyl (C=O) groups is 1. The molecule has 24 heavy (non-hydrogen) atoms. The highest BCUT2D eigenvalue weighted by Crippen LogP contribution is 2.25. The van der Waals surface area contributed by atoms with Gasteiger partial charge in [0.05, 0.1) is 7.11 Å². The summed E-state index contributed by atoms with van der Waals surface area (Å²) in [5.41, 5.74) is 2.85. The standard InChI is InChI=1S/C19H19FN2O2/c1-12-15-8-7-14(24-2)11-17(15)22-18(12)19(23)21-10-9-13-5-3-4-6-16(13)20/h3-8,11,22H,9-10H2,1-2H3,(H,21,23). The quantitative estimate of drug-likeness (QED) is 0.753. The fourth-order valence-corrected chi connectivity index (χ4v) is 2.77. The molecule has 0 unspecified atom stereocenters. The first-order valence-corrected chi connectivity index (χ1v) is 7.78. The Balaban J connectivity index is 1.72.